The molecule has 0 aliphatic heterocycles. The molecule has 0 saturated carbocycles. The maximum absolute atomic E-state index is 11.1. The zero-order valence-electron chi connectivity index (χ0n) is 8.37. The summed E-state index contributed by atoms with van der Waals surface area (Å²) in [5, 5.41) is 13.3. The van der Waals surface area contributed by atoms with E-state index in [-0.39, 0.29) is 23.5 Å². The van der Waals surface area contributed by atoms with Crippen molar-refractivity contribution in [2.45, 2.75) is 19.1 Å². The minimum Gasteiger partial charge on any atom is -0.395 e. The van der Waals surface area contributed by atoms with E-state index in [0.29, 0.717) is 6.54 Å². The third kappa shape index (κ3) is 6.73. The van der Waals surface area contributed by atoms with Crippen molar-refractivity contribution in [2.24, 2.45) is 0 Å². The Labute approximate surface area is 87.6 Å². The highest BCUT2D eigenvalue weighted by molar-refractivity contribution is 8.00. The third-order valence-corrected chi connectivity index (χ3v) is 2.49. The number of aliphatic hydroxyl groups excluding tert-OH is 1. The average Bonchev–Trinajstić information content (AvgIpc) is 2.14. The highest BCUT2D eigenvalue weighted by Crippen LogP contribution is 2.07. The lowest BCUT2D eigenvalue weighted by atomic mass is 10.5. The van der Waals surface area contributed by atoms with Gasteiger partial charge in [0.05, 0.1) is 12.4 Å². The zero-order valence-corrected chi connectivity index (χ0v) is 9.19. The van der Waals surface area contributed by atoms with E-state index < -0.39 is 6.03 Å². The van der Waals surface area contributed by atoms with Crippen LogP contribution in [0.5, 0.6) is 0 Å². The van der Waals surface area contributed by atoms with E-state index in [1.165, 1.54) is 11.8 Å². The predicted octanol–water partition coefficient (Wildman–Crippen LogP) is -0.0539. The van der Waals surface area contributed by atoms with Crippen LogP contribution in [0.1, 0.15) is 13.8 Å². The molecule has 0 aliphatic carbocycles. The van der Waals surface area contributed by atoms with Crippen LogP contribution in [0.3, 0.4) is 0 Å². The van der Waals surface area contributed by atoms with E-state index >= 15 is 0 Å². The first-order chi connectivity index (χ1) is 6.60. The molecule has 0 aromatic carbocycles. The second-order valence-corrected chi connectivity index (χ2v) is 4.14. The highest BCUT2D eigenvalue weighted by Gasteiger charge is 2.08. The number of carbonyl (C=O) groups is 2. The van der Waals surface area contributed by atoms with Crippen molar-refractivity contribution < 1.29 is 14.7 Å². The first kappa shape index (κ1) is 13.2. The molecule has 0 aromatic rings. The first-order valence-electron chi connectivity index (χ1n) is 4.40. The molecule has 0 radical (unpaired) electrons. The fourth-order valence-corrected chi connectivity index (χ4v) is 1.25. The number of nitrogens with one attached hydrogen (secondary N) is 2. The summed E-state index contributed by atoms with van der Waals surface area (Å²) < 4.78 is 0. The summed E-state index contributed by atoms with van der Waals surface area (Å²) in [6, 6.07) is -0.477. The molecule has 1 atom stereocenters. The van der Waals surface area contributed by atoms with Crippen LogP contribution in [0.4, 0.5) is 4.79 Å². The Hall–Kier alpha value is -0.750. The number of hydrogen-bond donors (Lipinski definition) is 3. The molecular weight excluding hydrogens is 204 g/mol. The summed E-state index contributed by atoms with van der Waals surface area (Å²) in [7, 11) is 0. The lowest BCUT2D eigenvalue weighted by Crippen LogP contribution is -2.40. The van der Waals surface area contributed by atoms with E-state index in [2.05, 4.69) is 10.6 Å². The average molecular weight is 220 g/mol. The Kier molecular flexibility index (Phi) is 7.23. The van der Waals surface area contributed by atoms with Crippen LogP contribution in [0.25, 0.3) is 0 Å². The van der Waals surface area contributed by atoms with Gasteiger partial charge in [-0.05, 0) is 6.92 Å². The maximum Gasteiger partial charge on any atom is 0.321 e. The number of amides is 3. The van der Waals surface area contributed by atoms with Crippen molar-refractivity contribution in [3.8, 4) is 0 Å². The van der Waals surface area contributed by atoms with Gasteiger partial charge in [-0.15, -0.1) is 11.8 Å². The van der Waals surface area contributed by atoms with Crippen molar-refractivity contribution in [3.05, 3.63) is 0 Å². The lowest BCUT2D eigenvalue weighted by molar-refractivity contribution is -0.117. The molecule has 5 nitrogen and oxygen atoms in total. The molecule has 82 valence electrons. The second-order valence-electron chi connectivity index (χ2n) is 2.71. The van der Waals surface area contributed by atoms with Crippen molar-refractivity contribution >= 4 is 23.7 Å². The Balaban J connectivity index is 3.60. The minimum atomic E-state index is -0.477. The number of imide groups is 1. The van der Waals surface area contributed by atoms with Gasteiger partial charge in [0.1, 0.15) is 0 Å². The minimum absolute atomic E-state index is 0.00925. The zero-order chi connectivity index (χ0) is 11.0. The van der Waals surface area contributed by atoms with E-state index in [9.17, 15) is 9.59 Å². The van der Waals surface area contributed by atoms with Crippen LogP contribution in [-0.2, 0) is 4.79 Å². The van der Waals surface area contributed by atoms with Crippen molar-refractivity contribution in [1.82, 2.24) is 10.6 Å². The third-order valence-electron chi connectivity index (χ3n) is 1.35. The Bertz CT molecular complexity index is 199. The van der Waals surface area contributed by atoms with E-state index in [4.69, 9.17) is 5.11 Å². The number of carbonyl (C=O) groups excluding carboxylic acids is 2. The monoisotopic (exact) mass is 220 g/mol. The van der Waals surface area contributed by atoms with E-state index in [1.807, 2.05) is 6.92 Å². The van der Waals surface area contributed by atoms with Gasteiger partial charge in [-0.25, -0.2) is 4.79 Å². The molecule has 0 saturated heterocycles. The maximum atomic E-state index is 11.1. The number of urea groups is 1. The first-order valence-corrected chi connectivity index (χ1v) is 5.45. The van der Waals surface area contributed by atoms with Crippen LogP contribution in [0, 0.1) is 0 Å². The highest BCUT2D eigenvalue weighted by atomic mass is 32.2. The summed E-state index contributed by atoms with van der Waals surface area (Å²) in [5.74, 6) is -0.167. The van der Waals surface area contributed by atoms with Crippen molar-refractivity contribution in [3.63, 3.8) is 0 Å². The molecule has 6 heteroatoms. The van der Waals surface area contributed by atoms with Crippen LogP contribution in [-0.4, -0.2) is 41.2 Å². The molecule has 3 N–H and O–H groups in total. The fourth-order valence-electron chi connectivity index (χ4n) is 0.638. The molecule has 1 unspecified atom stereocenters. The van der Waals surface area contributed by atoms with Gasteiger partial charge in [0, 0.05) is 11.8 Å². The Morgan fingerprint density at radius 1 is 1.50 bits per heavy atom. The fraction of sp³-hybridized carbons (Fsp3) is 0.750. The summed E-state index contributed by atoms with van der Waals surface area (Å²) in [5.41, 5.74) is 0. The normalized spacial score (nSPS) is 11.9. The number of rotatable bonds is 5. The molecule has 0 bridgehead atoms. The van der Waals surface area contributed by atoms with E-state index in [1.54, 1.807) is 6.92 Å². The molecule has 14 heavy (non-hydrogen) atoms. The topological polar surface area (TPSA) is 78.4 Å². The van der Waals surface area contributed by atoms with Crippen molar-refractivity contribution in [1.29, 1.82) is 0 Å². The number of aliphatic hydroxyl groups is 1. The summed E-state index contributed by atoms with van der Waals surface area (Å²) >= 11 is 1.30. The van der Waals surface area contributed by atoms with Gasteiger partial charge < -0.3 is 10.4 Å². The number of hydrogen-bond acceptors (Lipinski definition) is 4. The molecule has 3 amide bonds. The smallest absolute Gasteiger partial charge is 0.321 e. The van der Waals surface area contributed by atoms with Crippen LogP contribution >= 0.6 is 11.8 Å². The summed E-state index contributed by atoms with van der Waals surface area (Å²) in [6.07, 6.45) is 0. The van der Waals surface area contributed by atoms with Gasteiger partial charge in [0.15, 0.2) is 0 Å². The SMILES string of the molecule is CCNC(=O)NC(=O)CSC(C)CO. The second kappa shape index (κ2) is 7.64. The summed E-state index contributed by atoms with van der Waals surface area (Å²) in [6.45, 7) is 4.09. The largest absolute Gasteiger partial charge is 0.395 e. The molecule has 0 rings (SSSR count). The molecule has 0 spiro atoms. The van der Waals surface area contributed by atoms with Gasteiger partial charge in [-0.3, -0.25) is 10.1 Å². The van der Waals surface area contributed by atoms with Gasteiger partial charge in [0.25, 0.3) is 0 Å². The molecular formula is C8H16N2O3S. The van der Waals surface area contributed by atoms with Crippen LogP contribution in [0.2, 0.25) is 0 Å². The van der Waals surface area contributed by atoms with Gasteiger partial charge in [-0.2, -0.15) is 0 Å². The van der Waals surface area contributed by atoms with Gasteiger partial charge >= 0.3 is 6.03 Å². The standard InChI is InChI=1S/C8H16N2O3S/c1-3-9-8(13)10-7(12)5-14-6(2)4-11/h6,11H,3-5H2,1-2H3,(H2,9,10,12,13). The predicted molar refractivity (Wildman–Crippen MR) is 56.2 cm³/mol. The molecule has 0 fully saturated rings. The van der Waals surface area contributed by atoms with Crippen molar-refractivity contribution in [2.75, 3.05) is 18.9 Å². The van der Waals surface area contributed by atoms with Crippen LogP contribution < -0.4 is 10.6 Å². The lowest BCUT2D eigenvalue weighted by Gasteiger charge is -2.07. The summed E-state index contributed by atoms with van der Waals surface area (Å²) in [4.78, 5) is 21.9. The van der Waals surface area contributed by atoms with Gasteiger partial charge in [0.2, 0.25) is 5.91 Å². The molecule has 0 heterocycles. The number of thioether (sulfide) groups is 1. The molecule has 0 aromatic heterocycles. The van der Waals surface area contributed by atoms with E-state index in [0.717, 1.165) is 0 Å². The molecule has 0 aliphatic rings. The Morgan fingerprint density at radius 2 is 2.14 bits per heavy atom. The van der Waals surface area contributed by atoms with Crippen LogP contribution in [0.15, 0.2) is 0 Å². The Morgan fingerprint density at radius 3 is 2.64 bits per heavy atom. The van der Waals surface area contributed by atoms with Gasteiger partial charge in [-0.1, -0.05) is 6.92 Å². The quantitative estimate of drug-likeness (QED) is 0.607.